The van der Waals surface area contributed by atoms with Crippen LogP contribution >= 0.6 is 23.1 Å². The lowest BCUT2D eigenvalue weighted by molar-refractivity contribution is -0.116. The Kier molecular flexibility index (Phi) is 8.07. The molecular formula is C22H23N3O5S2. The number of nitrogens with one attached hydrogen (secondary N) is 1. The molecule has 3 rings (SSSR count). The molecule has 3 aromatic rings. The quantitative estimate of drug-likeness (QED) is 0.373. The van der Waals surface area contributed by atoms with Crippen molar-refractivity contribution in [2.24, 2.45) is 0 Å². The number of rotatable bonds is 9. The SMILES string of the molecule is CCOC(=O)c1ccc(NC(=O)Cn2cc(OC)c(=O)cc2CSc2nc(C)cs2)cc1. The predicted octanol–water partition coefficient (Wildman–Crippen LogP) is 3.73. The van der Waals surface area contributed by atoms with E-state index in [0.717, 1.165) is 10.0 Å². The summed E-state index contributed by atoms with van der Waals surface area (Å²) < 4.78 is 12.7. The minimum Gasteiger partial charge on any atom is -0.491 e. The lowest BCUT2D eigenvalue weighted by Crippen LogP contribution is -2.22. The molecule has 2 heterocycles. The van der Waals surface area contributed by atoms with Gasteiger partial charge in [-0.1, -0.05) is 11.8 Å². The third-order valence-corrected chi connectivity index (χ3v) is 6.51. The Morgan fingerprint density at radius 1 is 1.25 bits per heavy atom. The second-order valence-corrected chi connectivity index (χ2v) is 8.80. The number of aryl methyl sites for hydroxylation is 1. The van der Waals surface area contributed by atoms with Crippen molar-refractivity contribution in [3.05, 3.63) is 69.1 Å². The summed E-state index contributed by atoms with van der Waals surface area (Å²) in [7, 11) is 1.42. The zero-order valence-electron chi connectivity index (χ0n) is 17.9. The molecule has 0 aliphatic rings. The van der Waals surface area contributed by atoms with Gasteiger partial charge >= 0.3 is 5.97 Å². The van der Waals surface area contributed by atoms with Gasteiger partial charge in [-0.25, -0.2) is 9.78 Å². The summed E-state index contributed by atoms with van der Waals surface area (Å²) in [6.45, 7) is 3.95. The zero-order chi connectivity index (χ0) is 23.1. The van der Waals surface area contributed by atoms with Crippen LogP contribution in [0.25, 0.3) is 0 Å². The average molecular weight is 474 g/mol. The van der Waals surface area contributed by atoms with Crippen LogP contribution in [0.15, 0.2) is 51.0 Å². The van der Waals surface area contributed by atoms with Crippen LogP contribution in [0.2, 0.25) is 0 Å². The van der Waals surface area contributed by atoms with Crippen LogP contribution in [0.4, 0.5) is 5.69 Å². The number of hydrogen-bond acceptors (Lipinski definition) is 8. The number of pyridine rings is 1. The van der Waals surface area contributed by atoms with Gasteiger partial charge in [0.15, 0.2) is 5.75 Å². The number of thiazole rings is 1. The van der Waals surface area contributed by atoms with Gasteiger partial charge in [0.2, 0.25) is 11.3 Å². The molecule has 0 bridgehead atoms. The summed E-state index contributed by atoms with van der Waals surface area (Å²) in [6, 6.07) is 7.94. The topological polar surface area (TPSA) is 99.5 Å². The number of thioether (sulfide) groups is 1. The number of amides is 1. The number of esters is 1. The molecule has 0 unspecified atom stereocenters. The fourth-order valence-electron chi connectivity index (χ4n) is 2.81. The lowest BCUT2D eigenvalue weighted by atomic mass is 10.2. The second-order valence-electron chi connectivity index (χ2n) is 6.71. The Hall–Kier alpha value is -3.11. The first-order chi connectivity index (χ1) is 15.4. The van der Waals surface area contributed by atoms with Gasteiger partial charge < -0.3 is 19.4 Å². The van der Waals surface area contributed by atoms with Crippen molar-refractivity contribution >= 4 is 40.7 Å². The smallest absolute Gasteiger partial charge is 0.338 e. The Balaban J connectivity index is 1.72. The highest BCUT2D eigenvalue weighted by atomic mass is 32.2. The molecule has 0 spiro atoms. The van der Waals surface area contributed by atoms with Crippen molar-refractivity contribution < 1.29 is 19.1 Å². The van der Waals surface area contributed by atoms with Crippen LogP contribution in [-0.2, 0) is 21.8 Å². The molecule has 0 aliphatic carbocycles. The number of aromatic nitrogens is 2. The molecule has 0 atom stereocenters. The minimum absolute atomic E-state index is 0.0109. The molecule has 0 radical (unpaired) electrons. The molecule has 0 saturated carbocycles. The number of nitrogens with zero attached hydrogens (tertiary/aromatic N) is 2. The van der Waals surface area contributed by atoms with Crippen LogP contribution in [0, 0.1) is 6.92 Å². The minimum atomic E-state index is -0.414. The van der Waals surface area contributed by atoms with Crippen molar-refractivity contribution in [3.8, 4) is 5.75 Å². The third kappa shape index (κ3) is 6.21. The summed E-state index contributed by atoms with van der Waals surface area (Å²) in [4.78, 5) is 41.1. The van der Waals surface area contributed by atoms with Crippen LogP contribution in [0.3, 0.4) is 0 Å². The number of carbonyl (C=O) groups excluding carboxylic acids is 2. The Morgan fingerprint density at radius 2 is 2.00 bits per heavy atom. The molecule has 10 heteroatoms. The first-order valence-corrected chi connectivity index (χ1v) is 11.7. The van der Waals surface area contributed by atoms with Gasteiger partial charge in [0, 0.05) is 34.3 Å². The number of benzene rings is 1. The summed E-state index contributed by atoms with van der Waals surface area (Å²) in [5, 5.41) is 4.76. The second kappa shape index (κ2) is 11.0. The van der Waals surface area contributed by atoms with Gasteiger partial charge in [0.1, 0.15) is 10.9 Å². The van der Waals surface area contributed by atoms with Crippen LogP contribution in [0.5, 0.6) is 5.75 Å². The number of ether oxygens (including phenoxy) is 2. The normalized spacial score (nSPS) is 10.6. The lowest BCUT2D eigenvalue weighted by Gasteiger charge is -2.14. The molecule has 2 aromatic heterocycles. The fraction of sp³-hybridized carbons (Fsp3) is 0.273. The Bertz CT molecular complexity index is 1160. The van der Waals surface area contributed by atoms with E-state index in [1.807, 2.05) is 12.3 Å². The van der Waals surface area contributed by atoms with Gasteiger partial charge in [0.25, 0.3) is 0 Å². The standard InChI is InChI=1S/C22H23N3O5S2/c1-4-30-21(28)15-5-7-16(8-6-15)24-20(27)11-25-10-19(29-3)18(26)9-17(25)13-32-22-23-14(2)12-31-22/h5-10,12H,4,11,13H2,1-3H3,(H,24,27). The molecule has 0 saturated heterocycles. The molecule has 8 nitrogen and oxygen atoms in total. The summed E-state index contributed by atoms with van der Waals surface area (Å²) in [5.41, 5.74) is 2.33. The number of hydrogen-bond donors (Lipinski definition) is 1. The first kappa shape index (κ1) is 23.6. The molecule has 1 aromatic carbocycles. The van der Waals surface area contributed by atoms with Crippen molar-refractivity contribution in [1.82, 2.24) is 9.55 Å². The molecule has 1 amide bonds. The maximum atomic E-state index is 12.7. The monoisotopic (exact) mass is 473 g/mol. The molecule has 0 fully saturated rings. The highest BCUT2D eigenvalue weighted by Gasteiger charge is 2.13. The number of carbonyl (C=O) groups is 2. The van der Waals surface area contributed by atoms with E-state index in [1.54, 1.807) is 35.8 Å². The van der Waals surface area contributed by atoms with E-state index in [1.165, 1.54) is 42.5 Å². The number of methoxy groups -OCH3 is 1. The fourth-order valence-corrected chi connectivity index (χ4v) is 4.66. The summed E-state index contributed by atoms with van der Waals surface area (Å²) in [5.74, 6) is -0.0529. The van der Waals surface area contributed by atoms with E-state index < -0.39 is 5.97 Å². The van der Waals surface area contributed by atoms with Crippen LogP contribution < -0.4 is 15.5 Å². The van der Waals surface area contributed by atoms with Gasteiger partial charge in [-0.05, 0) is 38.1 Å². The Labute approximate surface area is 193 Å². The van der Waals surface area contributed by atoms with Crippen molar-refractivity contribution in [2.45, 2.75) is 30.5 Å². The van der Waals surface area contributed by atoms with Crippen molar-refractivity contribution in [1.29, 1.82) is 0 Å². The molecule has 32 heavy (non-hydrogen) atoms. The first-order valence-electron chi connectivity index (χ1n) is 9.79. The summed E-state index contributed by atoms with van der Waals surface area (Å²) >= 11 is 3.04. The van der Waals surface area contributed by atoms with Gasteiger partial charge in [-0.15, -0.1) is 11.3 Å². The van der Waals surface area contributed by atoms with Crippen molar-refractivity contribution in [3.63, 3.8) is 0 Å². The molecule has 168 valence electrons. The maximum absolute atomic E-state index is 12.7. The largest absolute Gasteiger partial charge is 0.491 e. The molecule has 1 N–H and O–H groups in total. The highest BCUT2D eigenvalue weighted by Crippen LogP contribution is 2.26. The van der Waals surface area contributed by atoms with E-state index in [0.29, 0.717) is 29.3 Å². The van der Waals surface area contributed by atoms with Crippen molar-refractivity contribution in [2.75, 3.05) is 19.0 Å². The van der Waals surface area contributed by atoms with Crippen LogP contribution in [0.1, 0.15) is 28.7 Å². The van der Waals surface area contributed by atoms with Crippen LogP contribution in [-0.4, -0.2) is 35.1 Å². The molecule has 0 aliphatic heterocycles. The molecular weight excluding hydrogens is 450 g/mol. The number of anilines is 1. The van der Waals surface area contributed by atoms with E-state index in [-0.39, 0.29) is 23.6 Å². The van der Waals surface area contributed by atoms with E-state index >= 15 is 0 Å². The van der Waals surface area contributed by atoms with Gasteiger partial charge in [-0.3, -0.25) is 9.59 Å². The average Bonchev–Trinajstić information content (AvgIpc) is 3.19. The predicted molar refractivity (Wildman–Crippen MR) is 125 cm³/mol. The van der Waals surface area contributed by atoms with E-state index in [4.69, 9.17) is 9.47 Å². The summed E-state index contributed by atoms with van der Waals surface area (Å²) in [6.07, 6.45) is 1.54. The third-order valence-electron chi connectivity index (χ3n) is 4.34. The highest BCUT2D eigenvalue weighted by molar-refractivity contribution is 8.00. The van der Waals surface area contributed by atoms with Gasteiger partial charge in [-0.2, -0.15) is 0 Å². The van der Waals surface area contributed by atoms with Gasteiger partial charge in [0.05, 0.1) is 25.5 Å². The van der Waals surface area contributed by atoms with E-state index in [2.05, 4.69) is 10.3 Å². The van der Waals surface area contributed by atoms with E-state index in [9.17, 15) is 14.4 Å². The maximum Gasteiger partial charge on any atom is 0.338 e. The Morgan fingerprint density at radius 3 is 2.62 bits per heavy atom. The zero-order valence-corrected chi connectivity index (χ0v) is 19.5.